The van der Waals surface area contributed by atoms with Gasteiger partial charge in [0.15, 0.2) is 6.10 Å². The molecule has 0 spiro atoms. The van der Waals surface area contributed by atoms with Crippen LogP contribution in [0.15, 0.2) is 5.38 Å². The molecule has 0 aliphatic heterocycles. The highest BCUT2D eigenvalue weighted by Gasteiger charge is 2.16. The van der Waals surface area contributed by atoms with E-state index in [2.05, 4.69) is 15.6 Å². The van der Waals surface area contributed by atoms with E-state index in [0.29, 0.717) is 0 Å². The van der Waals surface area contributed by atoms with Crippen LogP contribution in [0.1, 0.15) is 23.7 Å². The van der Waals surface area contributed by atoms with E-state index in [4.69, 9.17) is 10.2 Å². The molecule has 0 aliphatic carbocycles. The van der Waals surface area contributed by atoms with E-state index in [1.807, 2.05) is 12.3 Å². The molecule has 8 heteroatoms. The third kappa shape index (κ3) is 4.30. The molecule has 0 bridgehead atoms. The summed E-state index contributed by atoms with van der Waals surface area (Å²) >= 11 is 1.43. The number of nitrogens with zero attached hydrogens (tertiary/aromatic N) is 1. The molecular weight excluding hydrogens is 258 g/mol. The van der Waals surface area contributed by atoms with Crippen LogP contribution in [0.5, 0.6) is 0 Å². The van der Waals surface area contributed by atoms with E-state index in [1.165, 1.54) is 11.3 Å². The van der Waals surface area contributed by atoms with Crippen molar-refractivity contribution in [2.75, 3.05) is 6.54 Å². The molecule has 18 heavy (non-hydrogen) atoms. The average molecular weight is 273 g/mol. The van der Waals surface area contributed by atoms with E-state index < -0.39 is 18.1 Å². The first kappa shape index (κ1) is 14.4. The molecule has 0 radical (unpaired) electrons. The number of hydrogen-bond donors (Lipinski definition) is 4. The maximum absolute atomic E-state index is 11.4. The number of amides is 2. The number of carbonyl (C=O) groups is 2. The van der Waals surface area contributed by atoms with Crippen LogP contribution in [0, 0.1) is 6.92 Å². The zero-order chi connectivity index (χ0) is 13.7. The van der Waals surface area contributed by atoms with Crippen LogP contribution in [-0.2, 0) is 4.79 Å². The number of carboxylic acid groups (broad SMARTS) is 1. The van der Waals surface area contributed by atoms with Gasteiger partial charge in [0, 0.05) is 11.1 Å². The van der Waals surface area contributed by atoms with E-state index in [9.17, 15) is 9.59 Å². The number of carbonyl (C=O) groups excluding carboxylic acids is 1. The molecule has 1 heterocycles. The van der Waals surface area contributed by atoms with E-state index >= 15 is 0 Å². The maximum Gasteiger partial charge on any atom is 0.334 e. The first-order chi connectivity index (χ1) is 8.40. The quantitative estimate of drug-likeness (QED) is 0.615. The van der Waals surface area contributed by atoms with Crippen LogP contribution < -0.4 is 10.6 Å². The molecule has 1 aromatic heterocycles. The topological polar surface area (TPSA) is 112 Å². The van der Waals surface area contributed by atoms with Crippen LogP contribution in [0.4, 0.5) is 4.79 Å². The molecular formula is C10H15N3O4S. The van der Waals surface area contributed by atoms with Crippen molar-refractivity contribution in [2.24, 2.45) is 0 Å². The maximum atomic E-state index is 11.4. The Labute approximate surface area is 108 Å². The Morgan fingerprint density at radius 2 is 2.22 bits per heavy atom. The highest BCUT2D eigenvalue weighted by atomic mass is 32.1. The number of aliphatic hydroxyl groups is 1. The Bertz CT molecular complexity index is 435. The number of aliphatic hydroxyl groups excluding tert-OH is 1. The minimum Gasteiger partial charge on any atom is -0.479 e. The fourth-order valence-electron chi connectivity index (χ4n) is 1.16. The zero-order valence-electron chi connectivity index (χ0n) is 10.0. The van der Waals surface area contributed by atoms with Crippen molar-refractivity contribution in [1.29, 1.82) is 0 Å². The molecule has 7 nitrogen and oxygen atoms in total. The molecule has 0 fully saturated rings. The van der Waals surface area contributed by atoms with Gasteiger partial charge in [-0.25, -0.2) is 14.6 Å². The number of rotatable bonds is 5. The molecule has 1 unspecified atom stereocenters. The summed E-state index contributed by atoms with van der Waals surface area (Å²) in [6, 6.07) is -0.818. The Hall–Kier alpha value is -1.67. The molecule has 0 aromatic carbocycles. The first-order valence-electron chi connectivity index (χ1n) is 5.27. The largest absolute Gasteiger partial charge is 0.479 e. The monoisotopic (exact) mass is 273 g/mol. The second-order valence-electron chi connectivity index (χ2n) is 3.76. The van der Waals surface area contributed by atoms with Gasteiger partial charge in [0.2, 0.25) is 0 Å². The molecule has 2 amide bonds. The molecule has 0 aliphatic rings. The van der Waals surface area contributed by atoms with Gasteiger partial charge >= 0.3 is 12.0 Å². The Morgan fingerprint density at radius 1 is 1.56 bits per heavy atom. The second-order valence-corrected chi connectivity index (χ2v) is 4.65. The lowest BCUT2D eigenvalue weighted by molar-refractivity contribution is -0.146. The van der Waals surface area contributed by atoms with Crippen molar-refractivity contribution >= 4 is 23.3 Å². The zero-order valence-corrected chi connectivity index (χ0v) is 10.8. The van der Waals surface area contributed by atoms with E-state index in [-0.39, 0.29) is 12.6 Å². The molecule has 0 saturated carbocycles. The van der Waals surface area contributed by atoms with Crippen molar-refractivity contribution in [2.45, 2.75) is 26.0 Å². The van der Waals surface area contributed by atoms with Gasteiger partial charge in [-0.05, 0) is 13.8 Å². The predicted molar refractivity (Wildman–Crippen MR) is 65.4 cm³/mol. The van der Waals surface area contributed by atoms with E-state index in [0.717, 1.165) is 10.7 Å². The van der Waals surface area contributed by atoms with Gasteiger partial charge in [-0.2, -0.15) is 0 Å². The van der Waals surface area contributed by atoms with Crippen molar-refractivity contribution in [3.63, 3.8) is 0 Å². The number of aromatic nitrogens is 1. The summed E-state index contributed by atoms with van der Waals surface area (Å²) in [4.78, 5) is 26.0. The van der Waals surface area contributed by atoms with Gasteiger partial charge in [0.1, 0.15) is 5.01 Å². The van der Waals surface area contributed by atoms with Gasteiger partial charge < -0.3 is 20.8 Å². The summed E-state index contributed by atoms with van der Waals surface area (Å²) in [7, 11) is 0. The van der Waals surface area contributed by atoms with Crippen LogP contribution in [0.3, 0.4) is 0 Å². The first-order valence-corrected chi connectivity index (χ1v) is 6.15. The third-order valence-corrected chi connectivity index (χ3v) is 3.24. The van der Waals surface area contributed by atoms with Crippen molar-refractivity contribution in [3.05, 3.63) is 16.1 Å². The van der Waals surface area contributed by atoms with Gasteiger partial charge in [-0.15, -0.1) is 11.3 Å². The summed E-state index contributed by atoms with van der Waals surface area (Å²) < 4.78 is 0. The summed E-state index contributed by atoms with van der Waals surface area (Å²) in [5, 5.41) is 24.9. The number of nitrogens with one attached hydrogen (secondary N) is 2. The number of aryl methyl sites for hydroxylation is 1. The van der Waals surface area contributed by atoms with Gasteiger partial charge in [0.05, 0.1) is 12.6 Å². The van der Waals surface area contributed by atoms with Crippen molar-refractivity contribution in [3.8, 4) is 0 Å². The van der Waals surface area contributed by atoms with Crippen LogP contribution in [-0.4, -0.2) is 39.8 Å². The lowest BCUT2D eigenvalue weighted by Gasteiger charge is -2.13. The van der Waals surface area contributed by atoms with Crippen molar-refractivity contribution < 1.29 is 19.8 Å². The van der Waals surface area contributed by atoms with Gasteiger partial charge in [0.25, 0.3) is 0 Å². The summed E-state index contributed by atoms with van der Waals surface area (Å²) in [5.74, 6) is -1.38. The van der Waals surface area contributed by atoms with Crippen LogP contribution >= 0.6 is 11.3 Å². The van der Waals surface area contributed by atoms with Gasteiger partial charge in [-0.3, -0.25) is 0 Å². The third-order valence-electron chi connectivity index (χ3n) is 2.10. The highest BCUT2D eigenvalue weighted by molar-refractivity contribution is 7.09. The number of thiazole rings is 1. The summed E-state index contributed by atoms with van der Waals surface area (Å²) in [5.41, 5.74) is 0.880. The minimum atomic E-state index is -1.60. The number of urea groups is 1. The SMILES string of the molecule is Cc1csc(C(C)NC(=O)NC[C@H](O)C(=O)O)n1. The number of hydrogen-bond acceptors (Lipinski definition) is 5. The lowest BCUT2D eigenvalue weighted by atomic mass is 10.3. The summed E-state index contributed by atoms with van der Waals surface area (Å²) in [6.45, 7) is 3.28. The normalized spacial score (nSPS) is 13.7. The molecule has 1 rings (SSSR count). The number of aliphatic carboxylic acids is 1. The minimum absolute atomic E-state index is 0.273. The molecule has 4 N–H and O–H groups in total. The molecule has 100 valence electrons. The smallest absolute Gasteiger partial charge is 0.334 e. The summed E-state index contributed by atoms with van der Waals surface area (Å²) in [6.07, 6.45) is -1.60. The predicted octanol–water partition coefficient (Wildman–Crippen LogP) is 0.257. The van der Waals surface area contributed by atoms with E-state index in [1.54, 1.807) is 6.92 Å². The van der Waals surface area contributed by atoms with Crippen molar-refractivity contribution in [1.82, 2.24) is 15.6 Å². The molecule has 1 aromatic rings. The van der Waals surface area contributed by atoms with Crippen LogP contribution in [0.25, 0.3) is 0 Å². The Balaban J connectivity index is 2.38. The number of carboxylic acids is 1. The Morgan fingerprint density at radius 3 is 2.72 bits per heavy atom. The second kappa shape index (κ2) is 6.31. The van der Waals surface area contributed by atoms with Gasteiger partial charge in [-0.1, -0.05) is 0 Å². The lowest BCUT2D eigenvalue weighted by Crippen LogP contribution is -2.42. The molecule has 0 saturated heterocycles. The fourth-order valence-corrected chi connectivity index (χ4v) is 1.96. The fraction of sp³-hybridized carbons (Fsp3) is 0.500. The highest BCUT2D eigenvalue weighted by Crippen LogP contribution is 2.16. The average Bonchev–Trinajstić information content (AvgIpc) is 2.72. The Kier molecular flexibility index (Phi) is 5.05. The molecule has 2 atom stereocenters. The standard InChI is InChI=1S/C10H15N3O4S/c1-5-4-18-8(12-5)6(2)13-10(17)11-3-7(14)9(15)16/h4,6-7,14H,3H2,1-2H3,(H,15,16)(H2,11,13,17)/t6?,7-/m0/s1. The van der Waals surface area contributed by atoms with Crippen LogP contribution in [0.2, 0.25) is 0 Å².